The van der Waals surface area contributed by atoms with E-state index < -0.39 is 6.10 Å². The second kappa shape index (κ2) is 7.48. The van der Waals surface area contributed by atoms with Crippen molar-refractivity contribution in [3.8, 4) is 5.75 Å². The molecule has 112 valence electrons. The zero-order valence-corrected chi connectivity index (χ0v) is 13.2. The van der Waals surface area contributed by atoms with Crippen molar-refractivity contribution in [2.45, 2.75) is 38.9 Å². The summed E-state index contributed by atoms with van der Waals surface area (Å²) in [6, 6.07) is 15.6. The molecular weight excluding hydrogens is 284 g/mol. The lowest BCUT2D eigenvalue weighted by molar-refractivity contribution is 0.0479. The van der Waals surface area contributed by atoms with Gasteiger partial charge in [-0.25, -0.2) is 0 Å². The largest absolute Gasteiger partial charge is 0.488 e. The van der Waals surface area contributed by atoms with Crippen LogP contribution in [0.15, 0.2) is 48.5 Å². The van der Waals surface area contributed by atoms with Gasteiger partial charge in [0.15, 0.2) is 0 Å². The fraction of sp³-hybridized carbons (Fsp3) is 0.333. The normalized spacial score (nSPS) is 13.7. The van der Waals surface area contributed by atoms with E-state index in [1.807, 2.05) is 19.1 Å². The van der Waals surface area contributed by atoms with Crippen LogP contribution in [0, 0.1) is 0 Å². The van der Waals surface area contributed by atoms with Gasteiger partial charge in [-0.3, -0.25) is 0 Å². The molecule has 2 aromatic carbocycles. The second-order valence-electron chi connectivity index (χ2n) is 5.22. The molecule has 0 aromatic heterocycles. The van der Waals surface area contributed by atoms with Gasteiger partial charge in [-0.1, -0.05) is 48.9 Å². The number of aliphatic hydroxyl groups is 1. The summed E-state index contributed by atoms with van der Waals surface area (Å²) in [4.78, 5) is 0. The van der Waals surface area contributed by atoms with E-state index in [9.17, 15) is 5.11 Å². The zero-order chi connectivity index (χ0) is 15.2. The van der Waals surface area contributed by atoms with E-state index in [0.29, 0.717) is 17.2 Å². The Kier molecular flexibility index (Phi) is 5.66. The molecule has 2 nitrogen and oxygen atoms in total. The van der Waals surface area contributed by atoms with E-state index in [-0.39, 0.29) is 6.10 Å². The molecule has 0 saturated heterocycles. The third kappa shape index (κ3) is 4.76. The highest BCUT2D eigenvalue weighted by Crippen LogP contribution is 2.20. The molecule has 0 bridgehead atoms. The van der Waals surface area contributed by atoms with Gasteiger partial charge in [0.1, 0.15) is 11.9 Å². The Balaban J connectivity index is 1.93. The van der Waals surface area contributed by atoms with Gasteiger partial charge < -0.3 is 9.84 Å². The fourth-order valence-corrected chi connectivity index (χ4v) is 2.33. The van der Waals surface area contributed by atoms with Crippen LogP contribution >= 0.6 is 11.6 Å². The van der Waals surface area contributed by atoms with Gasteiger partial charge in [0.2, 0.25) is 0 Å². The minimum atomic E-state index is -0.559. The number of aryl methyl sites for hydroxylation is 1. The Hall–Kier alpha value is -1.51. The summed E-state index contributed by atoms with van der Waals surface area (Å²) in [6.45, 7) is 4.00. The average Bonchev–Trinajstić information content (AvgIpc) is 2.48. The zero-order valence-electron chi connectivity index (χ0n) is 12.4. The minimum absolute atomic E-state index is 0.297. The maximum absolute atomic E-state index is 10.3. The van der Waals surface area contributed by atoms with E-state index in [1.54, 1.807) is 12.1 Å². The topological polar surface area (TPSA) is 29.5 Å². The molecular formula is C18H21ClO2. The molecule has 2 rings (SSSR count). The van der Waals surface area contributed by atoms with Crippen LogP contribution in [0.4, 0.5) is 0 Å². The molecule has 3 heteroatoms. The number of halogens is 1. The maximum Gasteiger partial charge on any atom is 0.122 e. The molecule has 0 fully saturated rings. The molecule has 0 saturated carbocycles. The number of hydrogen-bond acceptors (Lipinski definition) is 2. The summed E-state index contributed by atoms with van der Waals surface area (Å²) < 4.78 is 5.74. The molecule has 0 radical (unpaired) electrons. The predicted molar refractivity (Wildman–Crippen MR) is 87.1 cm³/mol. The summed E-state index contributed by atoms with van der Waals surface area (Å²) in [6.07, 6.45) is 0.744. The van der Waals surface area contributed by atoms with Crippen molar-refractivity contribution >= 4 is 11.6 Å². The third-order valence-electron chi connectivity index (χ3n) is 3.54. The lowest BCUT2D eigenvalue weighted by Gasteiger charge is -2.21. The highest BCUT2D eigenvalue weighted by Gasteiger charge is 2.16. The quantitative estimate of drug-likeness (QED) is 0.863. The van der Waals surface area contributed by atoms with Crippen molar-refractivity contribution < 1.29 is 9.84 Å². The molecule has 2 aromatic rings. The van der Waals surface area contributed by atoms with Crippen LogP contribution in [0.25, 0.3) is 0 Å². The molecule has 0 aliphatic heterocycles. The number of aliphatic hydroxyl groups excluding tert-OH is 1. The van der Waals surface area contributed by atoms with Crippen LogP contribution in [0.3, 0.4) is 0 Å². The van der Waals surface area contributed by atoms with Crippen LogP contribution < -0.4 is 4.74 Å². The first kappa shape index (κ1) is 15.9. The average molecular weight is 305 g/mol. The van der Waals surface area contributed by atoms with Gasteiger partial charge in [-0.15, -0.1) is 0 Å². The Morgan fingerprint density at radius 2 is 1.76 bits per heavy atom. The molecule has 0 aliphatic carbocycles. The molecule has 21 heavy (non-hydrogen) atoms. The molecule has 0 aliphatic rings. The maximum atomic E-state index is 10.3. The monoisotopic (exact) mass is 304 g/mol. The predicted octanol–water partition coefficient (Wildman–Crippen LogP) is 4.27. The molecule has 0 spiro atoms. The van der Waals surface area contributed by atoms with Crippen molar-refractivity contribution in [1.82, 2.24) is 0 Å². The van der Waals surface area contributed by atoms with Gasteiger partial charge in [0, 0.05) is 11.4 Å². The van der Waals surface area contributed by atoms with Crippen LogP contribution in [-0.4, -0.2) is 17.3 Å². The lowest BCUT2D eigenvalue weighted by Crippen LogP contribution is -2.30. The fourth-order valence-electron chi connectivity index (χ4n) is 2.15. The first-order chi connectivity index (χ1) is 10.1. The van der Waals surface area contributed by atoms with Gasteiger partial charge in [0.05, 0.1) is 6.10 Å². The molecule has 2 atom stereocenters. The van der Waals surface area contributed by atoms with Gasteiger partial charge in [-0.05, 0) is 42.7 Å². The van der Waals surface area contributed by atoms with E-state index in [2.05, 4.69) is 31.2 Å². The molecule has 2 unspecified atom stereocenters. The second-order valence-corrected chi connectivity index (χ2v) is 5.66. The minimum Gasteiger partial charge on any atom is -0.488 e. The van der Waals surface area contributed by atoms with Crippen molar-refractivity contribution in [1.29, 1.82) is 0 Å². The Labute approximate surface area is 131 Å². The third-order valence-corrected chi connectivity index (χ3v) is 3.77. The first-order valence-corrected chi connectivity index (χ1v) is 7.64. The summed E-state index contributed by atoms with van der Waals surface area (Å²) in [7, 11) is 0. The molecule has 0 amide bonds. The molecule has 1 N–H and O–H groups in total. The summed E-state index contributed by atoms with van der Waals surface area (Å²) >= 11 is 5.92. The van der Waals surface area contributed by atoms with Crippen LogP contribution in [0.5, 0.6) is 5.75 Å². The molecule has 0 heterocycles. The summed E-state index contributed by atoms with van der Waals surface area (Å²) in [5.41, 5.74) is 2.41. The SMILES string of the molecule is CCc1ccc(CC(O)C(C)Oc2cccc(Cl)c2)cc1. The van der Waals surface area contributed by atoms with Crippen molar-refractivity contribution in [2.75, 3.05) is 0 Å². The van der Waals surface area contributed by atoms with Crippen molar-refractivity contribution in [3.05, 3.63) is 64.7 Å². The van der Waals surface area contributed by atoms with Gasteiger partial charge >= 0.3 is 0 Å². The Morgan fingerprint density at radius 1 is 1.10 bits per heavy atom. The summed E-state index contributed by atoms with van der Waals surface area (Å²) in [5, 5.41) is 10.9. The van der Waals surface area contributed by atoms with E-state index >= 15 is 0 Å². The number of hydrogen-bond donors (Lipinski definition) is 1. The number of ether oxygens (including phenoxy) is 1. The highest BCUT2D eigenvalue weighted by molar-refractivity contribution is 6.30. The first-order valence-electron chi connectivity index (χ1n) is 7.26. The van der Waals surface area contributed by atoms with Crippen molar-refractivity contribution in [3.63, 3.8) is 0 Å². The Morgan fingerprint density at radius 3 is 2.38 bits per heavy atom. The lowest BCUT2D eigenvalue weighted by atomic mass is 10.0. The van der Waals surface area contributed by atoms with Gasteiger partial charge in [-0.2, -0.15) is 0 Å². The van der Waals surface area contributed by atoms with E-state index in [1.165, 1.54) is 5.56 Å². The van der Waals surface area contributed by atoms with E-state index in [0.717, 1.165) is 12.0 Å². The van der Waals surface area contributed by atoms with Crippen LogP contribution in [0.1, 0.15) is 25.0 Å². The highest BCUT2D eigenvalue weighted by atomic mass is 35.5. The number of benzene rings is 2. The standard InChI is InChI=1S/C18H21ClO2/c1-3-14-7-9-15(10-8-14)11-18(20)13(2)21-17-6-4-5-16(19)12-17/h4-10,12-13,18,20H,3,11H2,1-2H3. The van der Waals surface area contributed by atoms with E-state index in [4.69, 9.17) is 16.3 Å². The summed E-state index contributed by atoms with van der Waals surface area (Å²) in [5.74, 6) is 0.676. The number of rotatable bonds is 6. The van der Waals surface area contributed by atoms with Gasteiger partial charge in [0.25, 0.3) is 0 Å². The van der Waals surface area contributed by atoms with Crippen LogP contribution in [-0.2, 0) is 12.8 Å². The Bertz CT molecular complexity index is 566. The smallest absolute Gasteiger partial charge is 0.122 e. The van der Waals surface area contributed by atoms with Crippen molar-refractivity contribution in [2.24, 2.45) is 0 Å². The van der Waals surface area contributed by atoms with Crippen LogP contribution in [0.2, 0.25) is 5.02 Å².